The summed E-state index contributed by atoms with van der Waals surface area (Å²) in [6, 6.07) is 88.4. The lowest BCUT2D eigenvalue weighted by molar-refractivity contribution is 1.05. The van der Waals surface area contributed by atoms with E-state index in [9.17, 15) is 0 Å². The van der Waals surface area contributed by atoms with Gasteiger partial charge in [0, 0.05) is 90.1 Å². The van der Waals surface area contributed by atoms with E-state index in [0.717, 1.165) is 177 Å². The van der Waals surface area contributed by atoms with Gasteiger partial charge in [-0.1, -0.05) is 170 Å². The zero-order chi connectivity index (χ0) is 63.5. The van der Waals surface area contributed by atoms with Crippen molar-refractivity contribution in [3.63, 3.8) is 0 Å². The molecule has 0 saturated carbocycles. The summed E-state index contributed by atoms with van der Waals surface area (Å²) < 4.78 is 0. The van der Waals surface area contributed by atoms with Crippen LogP contribution in [0.25, 0.3) is 188 Å². The number of fused-ring (bicyclic) bond motifs is 11. The van der Waals surface area contributed by atoms with E-state index in [0.29, 0.717) is 11.5 Å². The molecule has 0 atom stereocenters. The lowest BCUT2D eigenvalue weighted by Gasteiger charge is -2.09. The van der Waals surface area contributed by atoms with Crippen LogP contribution in [0.15, 0.2) is 298 Å². The van der Waals surface area contributed by atoms with Gasteiger partial charge in [-0.25, -0.2) is 44.9 Å². The van der Waals surface area contributed by atoms with Crippen molar-refractivity contribution in [3.05, 3.63) is 298 Å². The number of aromatic nitrogens is 13. The summed E-state index contributed by atoms with van der Waals surface area (Å²) in [5, 5.41) is 11.0. The molecule has 0 aliphatic rings. The Hall–Kier alpha value is -13.4. The minimum Gasteiger partial charge on any atom is -0.261 e. The van der Waals surface area contributed by atoms with Gasteiger partial charge in [-0.15, -0.1) is 0 Å². The Morgan fingerprint density at radius 2 is 0.531 bits per heavy atom. The molecular weight excluding hydrogens is 1180 g/mol. The number of hydrogen-bond donors (Lipinski definition) is 0. The van der Waals surface area contributed by atoms with Crippen molar-refractivity contribution in [3.8, 4) is 90.2 Å². The fourth-order valence-electron chi connectivity index (χ4n) is 12.7. The zero-order valence-electron chi connectivity index (χ0n) is 51.1. The third-order valence-corrected chi connectivity index (χ3v) is 17.8. The monoisotopic (exact) mass is 1230 g/mol. The van der Waals surface area contributed by atoms with E-state index < -0.39 is 0 Å². The van der Waals surface area contributed by atoms with Crippen LogP contribution in [0.3, 0.4) is 0 Å². The van der Waals surface area contributed by atoms with Crippen LogP contribution < -0.4 is 0 Å². The highest BCUT2D eigenvalue weighted by atomic mass is 15.0. The van der Waals surface area contributed by atoms with Gasteiger partial charge in [-0.2, -0.15) is 0 Å². The normalized spacial score (nSPS) is 11.5. The fourth-order valence-corrected chi connectivity index (χ4v) is 12.7. The highest BCUT2D eigenvalue weighted by molar-refractivity contribution is 6.05. The largest absolute Gasteiger partial charge is 0.261 e. The molecule has 13 heteroatoms. The summed E-state index contributed by atoms with van der Waals surface area (Å²) in [6.07, 6.45) is 11.7. The average molecular weight is 1230 g/mol. The molecule has 0 amide bonds. The minimum absolute atomic E-state index is 0.553. The van der Waals surface area contributed by atoms with Gasteiger partial charge < -0.3 is 0 Å². The first-order chi connectivity index (χ1) is 47.5. The van der Waals surface area contributed by atoms with Gasteiger partial charge in [0.05, 0.1) is 78.8 Å². The Bertz CT molecular complexity index is 6290. The molecule has 10 aromatic heterocycles. The van der Waals surface area contributed by atoms with Crippen molar-refractivity contribution < 1.29 is 0 Å². The smallest absolute Gasteiger partial charge is 0.181 e. The molecule has 0 fully saturated rings. The summed E-state index contributed by atoms with van der Waals surface area (Å²) in [4.78, 5) is 60.2. The fraction of sp³-hybridized carbons (Fsp3) is 0. The van der Waals surface area contributed by atoms with Crippen LogP contribution in [0.4, 0.5) is 0 Å². The van der Waals surface area contributed by atoms with Gasteiger partial charge in [-0.05, 0) is 118 Å². The first-order valence-corrected chi connectivity index (χ1v) is 31.4. The molecule has 0 bridgehead atoms. The molecule has 0 N–H and O–H groups in total. The van der Waals surface area contributed by atoms with Crippen LogP contribution >= 0.6 is 0 Å². The van der Waals surface area contributed by atoms with Crippen LogP contribution in [0.5, 0.6) is 0 Å². The Morgan fingerprint density at radius 3 is 1.00 bits per heavy atom. The molecule has 0 aliphatic carbocycles. The zero-order valence-corrected chi connectivity index (χ0v) is 51.1. The second-order valence-corrected chi connectivity index (χ2v) is 23.6. The molecule has 10 heterocycles. The maximum atomic E-state index is 5.13. The maximum Gasteiger partial charge on any atom is 0.181 e. The molecular formula is C83H49N13. The SMILES string of the molecule is c1cnc2c(c1)ccc1ccc(-c3ccc(-c4ccc5ccc(-c6ccc7ccc(-c8ncncn8)nc7c6)cc5n4)cc3)nc12.c1cnc2c(c1)ccc1ccc(-c3ccc4cc(-c5ccc6ccc(-c7ccc8ccc(-c9cnccn9)nc8c7)cc6n5)ccc4c3)nc12. The van der Waals surface area contributed by atoms with E-state index >= 15 is 0 Å². The summed E-state index contributed by atoms with van der Waals surface area (Å²) in [5.74, 6) is 0.553. The maximum absolute atomic E-state index is 5.13. The summed E-state index contributed by atoms with van der Waals surface area (Å²) >= 11 is 0. The van der Waals surface area contributed by atoms with Gasteiger partial charge in [0.15, 0.2) is 5.82 Å². The number of hydrogen-bond acceptors (Lipinski definition) is 13. The Labute approximate surface area is 548 Å². The highest BCUT2D eigenvalue weighted by Crippen LogP contribution is 2.35. The van der Waals surface area contributed by atoms with Crippen molar-refractivity contribution in [2.75, 3.05) is 0 Å². The molecule has 19 aromatic rings. The molecule has 0 saturated heterocycles. The number of nitrogens with zero attached hydrogens (tertiary/aromatic N) is 13. The van der Waals surface area contributed by atoms with Crippen molar-refractivity contribution in [1.82, 2.24) is 64.8 Å². The van der Waals surface area contributed by atoms with Gasteiger partial charge >= 0.3 is 0 Å². The summed E-state index contributed by atoms with van der Waals surface area (Å²) in [6.45, 7) is 0. The molecule has 19 rings (SSSR count). The van der Waals surface area contributed by atoms with Crippen LogP contribution in [0.2, 0.25) is 0 Å². The molecule has 0 aliphatic heterocycles. The van der Waals surface area contributed by atoms with Gasteiger partial charge in [-0.3, -0.25) is 19.9 Å². The first kappa shape index (κ1) is 55.5. The average Bonchev–Trinajstić information content (AvgIpc) is 0.825. The standard InChI is InChI=1S/C44H26N6.C39H23N7/c1-2-29-5-6-30-15-17-38(50-44(30)43(29)47-19-1)36-12-10-31-22-35(11-9-32(31)23-36)37-16-13-27-3-7-33(24-40(27)48-37)34-8-4-28-14-18-39(49-41(28)25-34)42-26-45-20-21-46-42;1-2-28-9-10-29-15-17-33(46-38(29)37(28)41-19-1)25-5-3-24(4-6-25)32-16-13-26-7-11-30(20-35(26)44-32)31-12-8-27-14-18-34(45-36(27)21-31)39-42-22-40-23-43-39/h1-26H;1-23H. The van der Waals surface area contributed by atoms with Gasteiger partial charge in [0.25, 0.3) is 0 Å². The highest BCUT2D eigenvalue weighted by Gasteiger charge is 2.14. The molecule has 446 valence electrons. The summed E-state index contributed by atoms with van der Waals surface area (Å²) in [5.41, 5.74) is 21.9. The molecule has 13 nitrogen and oxygen atoms in total. The molecule has 9 aromatic carbocycles. The van der Waals surface area contributed by atoms with Crippen molar-refractivity contribution in [2.45, 2.75) is 0 Å². The number of pyridine rings is 8. The quantitative estimate of drug-likeness (QED) is 0.132. The Morgan fingerprint density at radius 1 is 0.188 bits per heavy atom. The van der Waals surface area contributed by atoms with E-state index in [1.165, 1.54) is 12.7 Å². The van der Waals surface area contributed by atoms with E-state index in [4.69, 9.17) is 29.9 Å². The van der Waals surface area contributed by atoms with Crippen LogP contribution in [-0.2, 0) is 0 Å². The predicted octanol–water partition coefficient (Wildman–Crippen LogP) is 19.2. The predicted molar refractivity (Wildman–Crippen MR) is 385 cm³/mol. The number of benzene rings is 9. The molecule has 0 radical (unpaired) electrons. The summed E-state index contributed by atoms with van der Waals surface area (Å²) in [7, 11) is 0. The van der Waals surface area contributed by atoms with Crippen molar-refractivity contribution >= 4 is 98.0 Å². The molecule has 0 unspecified atom stereocenters. The van der Waals surface area contributed by atoms with Crippen LogP contribution in [0, 0.1) is 0 Å². The van der Waals surface area contributed by atoms with Gasteiger partial charge in [0.2, 0.25) is 0 Å². The van der Waals surface area contributed by atoms with E-state index in [1.807, 2.05) is 42.7 Å². The van der Waals surface area contributed by atoms with Crippen LogP contribution in [0.1, 0.15) is 0 Å². The Balaban J connectivity index is 0.000000141. The third-order valence-electron chi connectivity index (χ3n) is 17.8. The van der Waals surface area contributed by atoms with Crippen molar-refractivity contribution in [2.24, 2.45) is 0 Å². The lowest BCUT2D eigenvalue weighted by Crippen LogP contribution is -1.92. The van der Waals surface area contributed by atoms with Crippen LogP contribution in [-0.4, -0.2) is 64.8 Å². The lowest BCUT2D eigenvalue weighted by atomic mass is 9.99. The van der Waals surface area contributed by atoms with Gasteiger partial charge in [0.1, 0.15) is 24.0 Å². The van der Waals surface area contributed by atoms with E-state index in [-0.39, 0.29) is 0 Å². The topological polar surface area (TPSA) is 168 Å². The number of rotatable bonds is 8. The first-order valence-electron chi connectivity index (χ1n) is 31.4. The minimum atomic E-state index is 0.553. The molecule has 96 heavy (non-hydrogen) atoms. The second-order valence-electron chi connectivity index (χ2n) is 23.6. The molecule has 0 spiro atoms. The van der Waals surface area contributed by atoms with E-state index in [1.54, 1.807) is 18.6 Å². The van der Waals surface area contributed by atoms with Crippen molar-refractivity contribution in [1.29, 1.82) is 0 Å². The van der Waals surface area contributed by atoms with E-state index in [2.05, 4.69) is 259 Å². The second kappa shape index (κ2) is 23.4. The Kier molecular flexibility index (Phi) is 13.5. The third kappa shape index (κ3) is 10.5.